The first-order valence-corrected chi connectivity index (χ1v) is 13.0. The first-order valence-electron chi connectivity index (χ1n) is 13.0. The SMILES string of the molecule is CCCCOc1ccc(C(=O)OCCN2C(=O)[C@H]3C4c5ccccc5C(c5ccccc54)[C@@H]3C2=O)cc1. The van der Waals surface area contributed by atoms with Gasteiger partial charge in [-0.2, -0.15) is 0 Å². The highest BCUT2D eigenvalue weighted by atomic mass is 16.5. The van der Waals surface area contributed by atoms with Crippen LogP contribution in [-0.4, -0.2) is 42.4 Å². The van der Waals surface area contributed by atoms with Gasteiger partial charge >= 0.3 is 5.97 Å². The lowest BCUT2D eigenvalue weighted by molar-refractivity contribution is -0.140. The Labute approximate surface area is 216 Å². The van der Waals surface area contributed by atoms with Crippen LogP contribution >= 0.6 is 0 Å². The molecule has 0 aromatic heterocycles. The Balaban J connectivity index is 1.15. The number of rotatable bonds is 8. The molecule has 37 heavy (non-hydrogen) atoms. The number of carbonyl (C=O) groups is 3. The maximum Gasteiger partial charge on any atom is 0.338 e. The summed E-state index contributed by atoms with van der Waals surface area (Å²) in [6, 6.07) is 23.2. The molecule has 1 fully saturated rings. The van der Waals surface area contributed by atoms with Crippen molar-refractivity contribution >= 4 is 17.8 Å². The summed E-state index contributed by atoms with van der Waals surface area (Å²) in [7, 11) is 0. The predicted molar refractivity (Wildman–Crippen MR) is 137 cm³/mol. The Morgan fingerprint density at radius 1 is 0.757 bits per heavy atom. The minimum atomic E-state index is -0.489. The second-order valence-electron chi connectivity index (χ2n) is 9.96. The van der Waals surface area contributed by atoms with Gasteiger partial charge in [0.05, 0.1) is 30.6 Å². The number of unbranched alkanes of at least 4 members (excludes halogenated alkanes) is 1. The van der Waals surface area contributed by atoms with E-state index in [1.807, 2.05) is 24.3 Å². The van der Waals surface area contributed by atoms with Crippen LogP contribution in [0.5, 0.6) is 5.75 Å². The van der Waals surface area contributed by atoms with E-state index in [-0.39, 0.29) is 36.8 Å². The third-order valence-corrected chi connectivity index (χ3v) is 7.94. The molecule has 0 spiro atoms. The number of nitrogens with zero attached hydrogens (tertiary/aromatic N) is 1. The van der Waals surface area contributed by atoms with Crippen LogP contribution in [0.3, 0.4) is 0 Å². The molecule has 188 valence electrons. The summed E-state index contributed by atoms with van der Waals surface area (Å²) in [5, 5.41) is 0. The van der Waals surface area contributed by atoms with Gasteiger partial charge in [0, 0.05) is 11.8 Å². The van der Waals surface area contributed by atoms with Crippen molar-refractivity contribution in [2.24, 2.45) is 11.8 Å². The highest BCUT2D eigenvalue weighted by Gasteiger charge is 2.61. The molecule has 1 saturated heterocycles. The normalized spacial score (nSPS) is 22.9. The van der Waals surface area contributed by atoms with Crippen LogP contribution in [0.4, 0.5) is 0 Å². The Morgan fingerprint density at radius 2 is 1.27 bits per heavy atom. The van der Waals surface area contributed by atoms with Gasteiger partial charge in [-0.15, -0.1) is 0 Å². The quantitative estimate of drug-likeness (QED) is 0.252. The molecule has 2 atom stereocenters. The highest BCUT2D eigenvalue weighted by Crippen LogP contribution is 2.60. The van der Waals surface area contributed by atoms with Gasteiger partial charge in [-0.1, -0.05) is 61.9 Å². The third kappa shape index (κ3) is 3.82. The monoisotopic (exact) mass is 495 g/mol. The van der Waals surface area contributed by atoms with Crippen molar-refractivity contribution in [3.63, 3.8) is 0 Å². The Bertz CT molecular complexity index is 1250. The molecular formula is C31H29NO5. The van der Waals surface area contributed by atoms with E-state index in [4.69, 9.17) is 9.47 Å². The van der Waals surface area contributed by atoms with E-state index in [1.165, 1.54) is 4.90 Å². The average Bonchev–Trinajstić information content (AvgIpc) is 3.19. The number of ether oxygens (including phenoxy) is 2. The molecule has 2 amide bonds. The van der Waals surface area contributed by atoms with Crippen LogP contribution in [0.2, 0.25) is 0 Å². The van der Waals surface area contributed by atoms with Crippen molar-refractivity contribution in [2.45, 2.75) is 31.6 Å². The Morgan fingerprint density at radius 3 is 1.76 bits per heavy atom. The number of imide groups is 1. The molecule has 1 heterocycles. The van der Waals surface area contributed by atoms with E-state index in [0.29, 0.717) is 17.9 Å². The van der Waals surface area contributed by atoms with Gasteiger partial charge < -0.3 is 9.47 Å². The van der Waals surface area contributed by atoms with Gasteiger partial charge in [-0.3, -0.25) is 14.5 Å². The van der Waals surface area contributed by atoms with Crippen molar-refractivity contribution in [1.29, 1.82) is 0 Å². The van der Waals surface area contributed by atoms with Crippen LogP contribution in [0.15, 0.2) is 72.8 Å². The van der Waals surface area contributed by atoms with Gasteiger partial charge in [0.25, 0.3) is 0 Å². The van der Waals surface area contributed by atoms with Crippen LogP contribution in [-0.2, 0) is 14.3 Å². The van der Waals surface area contributed by atoms with Crippen LogP contribution in [0.1, 0.15) is 64.2 Å². The summed E-state index contributed by atoms with van der Waals surface area (Å²) >= 11 is 0. The predicted octanol–water partition coefficient (Wildman–Crippen LogP) is 4.91. The number of likely N-dealkylation sites (tertiary alicyclic amines) is 1. The van der Waals surface area contributed by atoms with Gasteiger partial charge in [0.15, 0.2) is 0 Å². The lowest BCUT2D eigenvalue weighted by Crippen LogP contribution is -2.41. The lowest BCUT2D eigenvalue weighted by Gasteiger charge is -2.45. The van der Waals surface area contributed by atoms with Crippen LogP contribution in [0, 0.1) is 11.8 Å². The molecule has 0 saturated carbocycles. The first kappa shape index (κ1) is 23.5. The maximum absolute atomic E-state index is 13.6. The number of hydrogen-bond acceptors (Lipinski definition) is 5. The summed E-state index contributed by atoms with van der Waals surface area (Å²) < 4.78 is 11.1. The molecule has 0 unspecified atom stereocenters. The van der Waals surface area contributed by atoms with Gasteiger partial charge in [0.2, 0.25) is 11.8 Å². The molecule has 7 rings (SSSR count). The number of hydrogen-bond donors (Lipinski definition) is 0. The van der Waals surface area contributed by atoms with Crippen molar-refractivity contribution in [1.82, 2.24) is 4.90 Å². The van der Waals surface area contributed by atoms with E-state index in [1.54, 1.807) is 24.3 Å². The third-order valence-electron chi connectivity index (χ3n) is 7.94. The number of amides is 2. The first-order chi connectivity index (χ1) is 18.1. The topological polar surface area (TPSA) is 72.9 Å². The van der Waals surface area contributed by atoms with Crippen LogP contribution in [0.25, 0.3) is 0 Å². The lowest BCUT2D eigenvalue weighted by atomic mass is 9.55. The zero-order valence-corrected chi connectivity index (χ0v) is 20.8. The zero-order valence-electron chi connectivity index (χ0n) is 20.8. The molecule has 4 aliphatic rings. The fourth-order valence-electron chi connectivity index (χ4n) is 6.29. The fraction of sp³-hybridized carbons (Fsp3) is 0.323. The van der Waals surface area contributed by atoms with Gasteiger partial charge in [0.1, 0.15) is 12.4 Å². The minimum Gasteiger partial charge on any atom is -0.494 e. The fourth-order valence-corrected chi connectivity index (χ4v) is 6.29. The van der Waals surface area contributed by atoms with E-state index >= 15 is 0 Å². The van der Waals surface area contributed by atoms with Crippen molar-refractivity contribution in [2.75, 3.05) is 19.8 Å². The van der Waals surface area contributed by atoms with Gasteiger partial charge in [-0.25, -0.2) is 4.79 Å². The summed E-state index contributed by atoms with van der Waals surface area (Å²) in [5.41, 5.74) is 4.97. The van der Waals surface area contributed by atoms with E-state index < -0.39 is 17.8 Å². The zero-order chi connectivity index (χ0) is 25.5. The summed E-state index contributed by atoms with van der Waals surface area (Å²) in [6.45, 7) is 2.75. The summed E-state index contributed by atoms with van der Waals surface area (Å²) in [4.78, 5) is 41.1. The van der Waals surface area contributed by atoms with Gasteiger partial charge in [-0.05, 0) is 52.9 Å². The second-order valence-corrected chi connectivity index (χ2v) is 9.96. The van der Waals surface area contributed by atoms with Crippen molar-refractivity contribution in [3.8, 4) is 5.75 Å². The Kier molecular flexibility index (Phi) is 6.03. The Hall–Kier alpha value is -3.93. The molecular weight excluding hydrogens is 466 g/mol. The summed E-state index contributed by atoms with van der Waals surface area (Å²) in [5.74, 6) is -1.23. The van der Waals surface area contributed by atoms with Crippen molar-refractivity contribution < 1.29 is 23.9 Å². The second kappa shape index (κ2) is 9.51. The standard InChI is InChI=1S/C31H29NO5/c1-2-3-17-36-20-14-12-19(13-15-20)31(35)37-18-16-32-29(33)27-25-21-8-4-5-9-22(21)26(28(27)30(32)34)24-11-7-6-10-23(24)25/h4-15,25-28H,2-3,16-18H2,1H3/t25?,26?,27-,28-/m0/s1. The molecule has 0 radical (unpaired) electrons. The minimum absolute atomic E-state index is 0.0419. The number of benzene rings is 3. The van der Waals surface area contributed by atoms with E-state index in [2.05, 4.69) is 31.2 Å². The highest BCUT2D eigenvalue weighted by molar-refractivity contribution is 6.07. The average molecular weight is 496 g/mol. The molecule has 3 aliphatic carbocycles. The largest absolute Gasteiger partial charge is 0.494 e. The molecule has 3 aromatic carbocycles. The van der Waals surface area contributed by atoms with E-state index in [9.17, 15) is 14.4 Å². The smallest absolute Gasteiger partial charge is 0.338 e. The molecule has 6 nitrogen and oxygen atoms in total. The molecule has 2 bridgehead atoms. The summed E-state index contributed by atoms with van der Waals surface area (Å²) in [6.07, 6.45) is 2.02. The molecule has 0 N–H and O–H groups in total. The molecule has 1 aliphatic heterocycles. The number of esters is 1. The van der Waals surface area contributed by atoms with E-state index in [0.717, 1.165) is 35.1 Å². The molecule has 6 heteroatoms. The van der Waals surface area contributed by atoms with Crippen LogP contribution < -0.4 is 4.74 Å². The maximum atomic E-state index is 13.6. The number of carbonyl (C=O) groups excluding carboxylic acids is 3. The molecule has 3 aromatic rings. The van der Waals surface area contributed by atoms with Crippen molar-refractivity contribution in [3.05, 3.63) is 101 Å².